The summed E-state index contributed by atoms with van der Waals surface area (Å²) in [5.74, 6) is 0.994. The van der Waals surface area contributed by atoms with E-state index in [1.165, 1.54) is 0 Å². The van der Waals surface area contributed by atoms with Gasteiger partial charge in [-0.05, 0) is 31.4 Å². The van der Waals surface area contributed by atoms with E-state index in [0.717, 1.165) is 42.8 Å². The Morgan fingerprint density at radius 1 is 1.20 bits per heavy atom. The van der Waals surface area contributed by atoms with Crippen molar-refractivity contribution >= 4 is 0 Å². The summed E-state index contributed by atoms with van der Waals surface area (Å²) in [6.07, 6.45) is 10.9. The molecule has 3 aromatic heterocycles. The first-order chi connectivity index (χ1) is 17.1. The van der Waals surface area contributed by atoms with E-state index >= 15 is 0 Å². The van der Waals surface area contributed by atoms with Gasteiger partial charge in [-0.1, -0.05) is 25.1 Å². The lowest BCUT2D eigenvalue weighted by molar-refractivity contribution is 0.0677. The topological polar surface area (TPSA) is 97.0 Å². The summed E-state index contributed by atoms with van der Waals surface area (Å²) >= 11 is 0. The van der Waals surface area contributed by atoms with Gasteiger partial charge in [-0.15, -0.1) is 0 Å². The Bertz CT molecular complexity index is 1340. The van der Waals surface area contributed by atoms with E-state index in [4.69, 9.17) is 9.47 Å². The first kappa shape index (κ1) is 22.9. The molecule has 5 rings (SSSR count). The molecule has 4 heterocycles. The zero-order chi connectivity index (χ0) is 24.2. The molecule has 0 amide bonds. The van der Waals surface area contributed by atoms with Gasteiger partial charge in [-0.2, -0.15) is 10.2 Å². The SMILES string of the molecule is CCn1cc(-n2ccc(=O)c(C(C)c3cccc(-c4ncc(OCC5CCCO5)cn4)c3)n2)cn1. The van der Waals surface area contributed by atoms with Crippen molar-refractivity contribution in [2.24, 2.45) is 0 Å². The van der Waals surface area contributed by atoms with Crippen LogP contribution in [0.1, 0.15) is 43.9 Å². The lowest BCUT2D eigenvalue weighted by Crippen LogP contribution is -2.18. The molecule has 0 spiro atoms. The minimum absolute atomic E-state index is 0.106. The highest BCUT2D eigenvalue weighted by molar-refractivity contribution is 5.57. The number of hydrogen-bond acceptors (Lipinski definition) is 7. The zero-order valence-corrected chi connectivity index (χ0v) is 19.9. The molecule has 0 N–H and O–H groups in total. The van der Waals surface area contributed by atoms with Gasteiger partial charge in [-0.3, -0.25) is 9.48 Å². The van der Waals surface area contributed by atoms with E-state index in [1.54, 1.807) is 35.5 Å². The van der Waals surface area contributed by atoms with Crippen LogP contribution in [-0.4, -0.2) is 48.8 Å². The van der Waals surface area contributed by atoms with Gasteiger partial charge in [-0.25, -0.2) is 14.6 Å². The van der Waals surface area contributed by atoms with Crippen LogP contribution in [0.2, 0.25) is 0 Å². The second-order valence-corrected chi connectivity index (χ2v) is 8.60. The zero-order valence-electron chi connectivity index (χ0n) is 19.9. The van der Waals surface area contributed by atoms with Gasteiger partial charge in [0.05, 0.1) is 30.9 Å². The van der Waals surface area contributed by atoms with Crippen LogP contribution in [0.5, 0.6) is 5.75 Å². The minimum atomic E-state index is -0.217. The van der Waals surface area contributed by atoms with E-state index in [9.17, 15) is 4.79 Å². The third-order valence-electron chi connectivity index (χ3n) is 6.19. The van der Waals surface area contributed by atoms with Gasteiger partial charge in [0.2, 0.25) is 5.43 Å². The molecule has 1 aliphatic heterocycles. The molecule has 0 aliphatic carbocycles. The fourth-order valence-corrected chi connectivity index (χ4v) is 4.12. The maximum Gasteiger partial charge on any atom is 0.203 e. The normalized spacial score (nSPS) is 16.3. The minimum Gasteiger partial charge on any atom is -0.488 e. The van der Waals surface area contributed by atoms with Crippen molar-refractivity contribution in [3.05, 3.63) is 82.8 Å². The van der Waals surface area contributed by atoms with Crippen LogP contribution >= 0.6 is 0 Å². The van der Waals surface area contributed by atoms with Crippen molar-refractivity contribution in [2.45, 2.75) is 45.3 Å². The highest BCUT2D eigenvalue weighted by Gasteiger charge is 2.18. The van der Waals surface area contributed by atoms with E-state index in [2.05, 4.69) is 20.2 Å². The van der Waals surface area contributed by atoms with Gasteiger partial charge in [0.1, 0.15) is 18.0 Å². The van der Waals surface area contributed by atoms with Gasteiger partial charge in [0.25, 0.3) is 0 Å². The number of hydrogen-bond donors (Lipinski definition) is 0. The first-order valence-electron chi connectivity index (χ1n) is 11.9. The summed E-state index contributed by atoms with van der Waals surface area (Å²) < 4.78 is 14.9. The van der Waals surface area contributed by atoms with Gasteiger partial charge < -0.3 is 9.47 Å². The molecule has 180 valence electrons. The Labute approximate surface area is 203 Å². The monoisotopic (exact) mass is 472 g/mol. The molecule has 0 saturated carbocycles. The molecular formula is C26H28N6O3. The summed E-state index contributed by atoms with van der Waals surface area (Å²) in [6.45, 7) is 6.07. The van der Waals surface area contributed by atoms with Gasteiger partial charge in [0.15, 0.2) is 11.6 Å². The third kappa shape index (κ3) is 5.14. The first-order valence-corrected chi connectivity index (χ1v) is 11.9. The van der Waals surface area contributed by atoms with E-state index in [0.29, 0.717) is 23.9 Å². The lowest BCUT2D eigenvalue weighted by Gasteiger charge is -2.14. The largest absolute Gasteiger partial charge is 0.488 e. The summed E-state index contributed by atoms with van der Waals surface area (Å²) in [5.41, 5.74) is 2.99. The molecule has 0 bridgehead atoms. The average molecular weight is 473 g/mol. The number of aryl methyl sites for hydroxylation is 1. The standard InChI is InChI=1S/C26H28N6O3/c1-3-31-16-21(13-29-31)32-10-9-24(33)25(30-32)18(2)19-6-4-7-20(12-19)26-27-14-23(15-28-26)35-17-22-8-5-11-34-22/h4,6-7,9-10,12-16,18,22H,3,5,8,11,17H2,1-2H3. The highest BCUT2D eigenvalue weighted by atomic mass is 16.5. The molecular weight excluding hydrogens is 444 g/mol. The maximum atomic E-state index is 12.7. The molecule has 4 aromatic rings. The maximum absolute atomic E-state index is 12.7. The predicted molar refractivity (Wildman–Crippen MR) is 131 cm³/mol. The van der Waals surface area contributed by atoms with Gasteiger partial charge in [0, 0.05) is 36.9 Å². The molecule has 35 heavy (non-hydrogen) atoms. The van der Waals surface area contributed by atoms with Crippen molar-refractivity contribution in [2.75, 3.05) is 13.2 Å². The quantitative estimate of drug-likeness (QED) is 0.386. The Balaban J connectivity index is 1.35. The number of rotatable bonds is 8. The number of benzene rings is 1. The van der Waals surface area contributed by atoms with Crippen molar-refractivity contribution in [3.63, 3.8) is 0 Å². The molecule has 2 unspecified atom stereocenters. The summed E-state index contributed by atoms with van der Waals surface area (Å²) in [5, 5.41) is 8.92. The van der Waals surface area contributed by atoms with Crippen molar-refractivity contribution in [1.29, 1.82) is 0 Å². The predicted octanol–water partition coefficient (Wildman–Crippen LogP) is 3.62. The molecule has 1 aromatic carbocycles. The second-order valence-electron chi connectivity index (χ2n) is 8.60. The highest BCUT2D eigenvalue weighted by Crippen LogP contribution is 2.25. The van der Waals surface area contributed by atoms with Crippen LogP contribution in [-0.2, 0) is 11.3 Å². The van der Waals surface area contributed by atoms with Crippen LogP contribution in [0.25, 0.3) is 17.1 Å². The molecule has 1 aliphatic rings. The average Bonchev–Trinajstić information content (AvgIpc) is 3.60. The molecule has 1 saturated heterocycles. The van der Waals surface area contributed by atoms with Gasteiger partial charge >= 0.3 is 0 Å². The van der Waals surface area contributed by atoms with Crippen LogP contribution in [0.4, 0.5) is 0 Å². The molecule has 9 nitrogen and oxygen atoms in total. The van der Waals surface area contributed by atoms with E-state index in [1.807, 2.05) is 49.0 Å². The number of aromatic nitrogens is 6. The number of nitrogens with zero attached hydrogens (tertiary/aromatic N) is 6. The fraction of sp³-hybridized carbons (Fsp3) is 0.346. The molecule has 2 atom stereocenters. The van der Waals surface area contributed by atoms with Crippen molar-refractivity contribution < 1.29 is 9.47 Å². The second kappa shape index (κ2) is 10.2. The van der Waals surface area contributed by atoms with Crippen LogP contribution in [0.15, 0.2) is 66.1 Å². The van der Waals surface area contributed by atoms with Crippen LogP contribution < -0.4 is 10.2 Å². The smallest absolute Gasteiger partial charge is 0.203 e. The van der Waals surface area contributed by atoms with E-state index < -0.39 is 0 Å². The van der Waals surface area contributed by atoms with Crippen LogP contribution in [0, 0.1) is 0 Å². The van der Waals surface area contributed by atoms with Crippen molar-refractivity contribution in [3.8, 4) is 22.8 Å². The van der Waals surface area contributed by atoms with Crippen molar-refractivity contribution in [1.82, 2.24) is 29.5 Å². The Morgan fingerprint density at radius 3 is 2.80 bits per heavy atom. The fourth-order valence-electron chi connectivity index (χ4n) is 4.12. The lowest BCUT2D eigenvalue weighted by atomic mass is 9.95. The third-order valence-corrected chi connectivity index (χ3v) is 6.19. The summed E-state index contributed by atoms with van der Waals surface area (Å²) in [6, 6.07) is 9.43. The molecule has 1 fully saturated rings. The Morgan fingerprint density at radius 2 is 2.06 bits per heavy atom. The van der Waals surface area contributed by atoms with Crippen LogP contribution in [0.3, 0.4) is 0 Å². The molecule has 9 heteroatoms. The summed E-state index contributed by atoms with van der Waals surface area (Å²) in [7, 11) is 0. The van der Waals surface area contributed by atoms with E-state index in [-0.39, 0.29) is 17.5 Å². The Kier molecular flexibility index (Phi) is 6.67. The number of ether oxygens (including phenoxy) is 2. The summed E-state index contributed by atoms with van der Waals surface area (Å²) in [4.78, 5) is 21.6. The molecule has 0 radical (unpaired) electrons. The Hall–Kier alpha value is -3.85.